The number of benzene rings is 1. The van der Waals surface area contributed by atoms with Gasteiger partial charge in [0.15, 0.2) is 0 Å². The fraction of sp³-hybridized carbons (Fsp3) is 0.333. The normalized spacial score (nSPS) is 19.3. The molecule has 1 N–H and O–H groups in total. The van der Waals surface area contributed by atoms with Gasteiger partial charge in [-0.25, -0.2) is 4.79 Å². The van der Waals surface area contributed by atoms with E-state index in [1.165, 1.54) is 12.1 Å². The Kier molecular flexibility index (Phi) is 3.92. The topological polar surface area (TPSA) is 57.6 Å². The van der Waals surface area contributed by atoms with Crippen LogP contribution < -0.4 is 4.90 Å². The van der Waals surface area contributed by atoms with Crippen LogP contribution in [-0.4, -0.2) is 29.4 Å². The zero-order chi connectivity index (χ0) is 13.3. The van der Waals surface area contributed by atoms with Crippen LogP contribution >= 0.6 is 27.5 Å². The summed E-state index contributed by atoms with van der Waals surface area (Å²) in [6.45, 7) is 0.577. The van der Waals surface area contributed by atoms with E-state index >= 15 is 0 Å². The Morgan fingerprint density at radius 2 is 2.28 bits per heavy atom. The van der Waals surface area contributed by atoms with Crippen LogP contribution in [0, 0.1) is 5.92 Å². The van der Waals surface area contributed by atoms with Gasteiger partial charge in [0, 0.05) is 23.3 Å². The first-order valence-corrected chi connectivity index (χ1v) is 6.75. The number of nitrogens with zero attached hydrogens (tertiary/aromatic N) is 1. The van der Waals surface area contributed by atoms with E-state index in [4.69, 9.17) is 16.7 Å². The molecular weight excluding hydrogens is 321 g/mol. The van der Waals surface area contributed by atoms with Gasteiger partial charge in [-0.1, -0.05) is 0 Å². The maximum Gasteiger partial charge on any atom is 0.335 e. The monoisotopic (exact) mass is 331 g/mol. The summed E-state index contributed by atoms with van der Waals surface area (Å²) in [5, 5.41) is 8.88. The molecule has 1 fully saturated rings. The average Bonchev–Trinajstić information content (AvgIpc) is 2.70. The summed E-state index contributed by atoms with van der Waals surface area (Å²) < 4.78 is 0.603. The van der Waals surface area contributed by atoms with Crippen LogP contribution in [0.15, 0.2) is 22.7 Å². The Hall–Kier alpha value is -1.07. The Morgan fingerprint density at radius 3 is 2.78 bits per heavy atom. The van der Waals surface area contributed by atoms with Gasteiger partial charge in [0.05, 0.1) is 11.3 Å². The third-order valence-electron chi connectivity index (χ3n) is 2.91. The van der Waals surface area contributed by atoms with E-state index in [1.807, 2.05) is 0 Å². The zero-order valence-corrected chi connectivity index (χ0v) is 11.7. The van der Waals surface area contributed by atoms with Crippen LogP contribution in [0.2, 0.25) is 0 Å². The molecule has 1 heterocycles. The number of carbonyl (C=O) groups excluding carboxylic acids is 1. The first-order chi connectivity index (χ1) is 8.52. The summed E-state index contributed by atoms with van der Waals surface area (Å²) in [6, 6.07) is 4.63. The third-order valence-corrected chi connectivity index (χ3v) is 3.98. The van der Waals surface area contributed by atoms with Gasteiger partial charge in [0.2, 0.25) is 5.91 Å². The molecule has 1 aliphatic heterocycles. The maximum absolute atomic E-state index is 11.8. The summed E-state index contributed by atoms with van der Waals surface area (Å²) in [6.07, 6.45) is 0.441. The van der Waals surface area contributed by atoms with Crippen LogP contribution in [0.4, 0.5) is 5.69 Å². The van der Waals surface area contributed by atoms with Crippen LogP contribution in [0.25, 0.3) is 0 Å². The van der Waals surface area contributed by atoms with Gasteiger partial charge in [-0.3, -0.25) is 4.79 Å². The maximum atomic E-state index is 11.8. The van der Waals surface area contributed by atoms with Crippen molar-refractivity contribution in [1.29, 1.82) is 0 Å². The number of rotatable bonds is 3. The summed E-state index contributed by atoms with van der Waals surface area (Å²) in [4.78, 5) is 24.3. The van der Waals surface area contributed by atoms with Crippen molar-refractivity contribution in [3.8, 4) is 0 Å². The lowest BCUT2D eigenvalue weighted by Crippen LogP contribution is -2.25. The number of anilines is 1. The van der Waals surface area contributed by atoms with Crippen LogP contribution in [0.5, 0.6) is 0 Å². The van der Waals surface area contributed by atoms with Crippen molar-refractivity contribution >= 4 is 45.1 Å². The molecule has 6 heteroatoms. The predicted octanol–water partition coefficient (Wildman–Crippen LogP) is 2.74. The Labute approximate surface area is 118 Å². The molecule has 96 valence electrons. The minimum Gasteiger partial charge on any atom is -0.478 e. The molecule has 1 aromatic rings. The van der Waals surface area contributed by atoms with Gasteiger partial charge in [-0.05, 0) is 40.0 Å². The number of aromatic carboxylic acids is 1. The number of alkyl halides is 1. The van der Waals surface area contributed by atoms with E-state index in [-0.39, 0.29) is 17.4 Å². The van der Waals surface area contributed by atoms with E-state index in [1.54, 1.807) is 11.0 Å². The van der Waals surface area contributed by atoms with Crippen molar-refractivity contribution in [2.75, 3.05) is 17.3 Å². The highest BCUT2D eigenvalue weighted by molar-refractivity contribution is 9.10. The highest BCUT2D eigenvalue weighted by Crippen LogP contribution is 2.32. The predicted molar refractivity (Wildman–Crippen MR) is 72.3 cm³/mol. The molecule has 1 aliphatic rings. The second-order valence-electron chi connectivity index (χ2n) is 4.20. The van der Waals surface area contributed by atoms with Gasteiger partial charge >= 0.3 is 5.97 Å². The van der Waals surface area contributed by atoms with Crippen LogP contribution in [0.3, 0.4) is 0 Å². The lowest BCUT2D eigenvalue weighted by molar-refractivity contribution is -0.117. The van der Waals surface area contributed by atoms with Gasteiger partial charge in [0.25, 0.3) is 0 Å². The molecule has 18 heavy (non-hydrogen) atoms. The highest BCUT2D eigenvalue weighted by Gasteiger charge is 2.31. The van der Waals surface area contributed by atoms with Crippen molar-refractivity contribution in [1.82, 2.24) is 0 Å². The molecule has 1 aromatic carbocycles. The molecule has 0 bridgehead atoms. The van der Waals surface area contributed by atoms with Crippen LogP contribution in [-0.2, 0) is 4.79 Å². The molecule has 0 saturated carbocycles. The lowest BCUT2D eigenvalue weighted by Gasteiger charge is -2.18. The highest BCUT2D eigenvalue weighted by atomic mass is 79.9. The molecule has 4 nitrogen and oxygen atoms in total. The Morgan fingerprint density at radius 1 is 1.56 bits per heavy atom. The molecule has 0 radical (unpaired) electrons. The number of hydrogen-bond acceptors (Lipinski definition) is 2. The van der Waals surface area contributed by atoms with Gasteiger partial charge in [-0.15, -0.1) is 11.6 Å². The van der Waals surface area contributed by atoms with E-state index in [9.17, 15) is 9.59 Å². The average molecular weight is 333 g/mol. The van der Waals surface area contributed by atoms with Crippen molar-refractivity contribution in [3.05, 3.63) is 28.2 Å². The number of halogens is 2. The zero-order valence-electron chi connectivity index (χ0n) is 9.40. The standard InChI is InChI=1S/C12H11BrClNO3/c13-9-4-8(12(17)18)1-2-10(9)15-6-7(5-14)3-11(15)16/h1-2,4,7H,3,5-6H2,(H,17,18). The molecule has 0 aromatic heterocycles. The van der Waals surface area contributed by atoms with E-state index < -0.39 is 5.97 Å². The molecule has 0 aliphatic carbocycles. The minimum absolute atomic E-state index is 0.0180. The SMILES string of the molecule is O=C(O)c1ccc(N2CC(CCl)CC2=O)c(Br)c1. The number of carbonyl (C=O) groups is 2. The Bertz CT molecular complexity index is 506. The van der Waals surface area contributed by atoms with Crippen molar-refractivity contribution in [2.45, 2.75) is 6.42 Å². The fourth-order valence-corrected chi connectivity index (χ4v) is 2.78. The number of carboxylic acids is 1. The summed E-state index contributed by atoms with van der Waals surface area (Å²) in [5.74, 6) is -0.365. The van der Waals surface area contributed by atoms with Crippen LogP contribution in [0.1, 0.15) is 16.8 Å². The molecular formula is C12H11BrClNO3. The fourth-order valence-electron chi connectivity index (χ4n) is 1.98. The lowest BCUT2D eigenvalue weighted by atomic mass is 10.1. The summed E-state index contributed by atoms with van der Waals surface area (Å²) in [5.41, 5.74) is 0.879. The molecule has 1 amide bonds. The van der Waals surface area contributed by atoms with Gasteiger partial charge in [-0.2, -0.15) is 0 Å². The third kappa shape index (κ3) is 2.52. The smallest absolute Gasteiger partial charge is 0.335 e. The molecule has 1 atom stereocenters. The first-order valence-electron chi connectivity index (χ1n) is 5.42. The molecule has 2 rings (SSSR count). The molecule has 1 saturated heterocycles. The minimum atomic E-state index is -0.992. The quantitative estimate of drug-likeness (QED) is 0.866. The number of hydrogen-bond donors (Lipinski definition) is 1. The van der Waals surface area contributed by atoms with E-state index in [0.29, 0.717) is 29.0 Å². The molecule has 1 unspecified atom stereocenters. The largest absolute Gasteiger partial charge is 0.478 e. The Balaban J connectivity index is 2.29. The van der Waals surface area contributed by atoms with Crippen molar-refractivity contribution < 1.29 is 14.7 Å². The number of amides is 1. The number of carboxylic acid groups (broad SMARTS) is 1. The second-order valence-corrected chi connectivity index (χ2v) is 5.36. The molecule has 0 spiro atoms. The van der Waals surface area contributed by atoms with Crippen molar-refractivity contribution in [3.63, 3.8) is 0 Å². The van der Waals surface area contributed by atoms with Crippen molar-refractivity contribution in [2.24, 2.45) is 5.92 Å². The summed E-state index contributed by atoms with van der Waals surface area (Å²) >= 11 is 9.07. The van der Waals surface area contributed by atoms with Gasteiger partial charge < -0.3 is 10.0 Å². The van der Waals surface area contributed by atoms with Gasteiger partial charge in [0.1, 0.15) is 0 Å². The van der Waals surface area contributed by atoms with E-state index in [0.717, 1.165) is 0 Å². The second kappa shape index (κ2) is 5.28. The van der Waals surface area contributed by atoms with E-state index in [2.05, 4.69) is 15.9 Å². The summed E-state index contributed by atoms with van der Waals surface area (Å²) in [7, 11) is 0. The first kappa shape index (κ1) is 13.4.